The average molecular weight is 275 g/mol. The highest BCUT2D eigenvalue weighted by atomic mass is 32.1. The van der Waals surface area contributed by atoms with Crippen molar-refractivity contribution in [1.82, 2.24) is 4.90 Å². The number of nitrogens with two attached hydrogens (primary N) is 1. The average Bonchev–Trinajstić information content (AvgIpc) is 2.83. The van der Waals surface area contributed by atoms with Crippen LogP contribution < -0.4 is 5.73 Å². The predicted molar refractivity (Wildman–Crippen MR) is 78.8 cm³/mol. The zero-order valence-electron chi connectivity index (χ0n) is 10.6. The standard InChI is InChI=1S/C14H17N3OS/c15-14(16)12-8-17(5-6-18-12)7-10-9-19-13-4-2-1-3-11(10)13/h1-4,9,12H,5-8H2,(H3,15,16). The highest BCUT2D eigenvalue weighted by Gasteiger charge is 2.23. The van der Waals surface area contributed by atoms with E-state index in [4.69, 9.17) is 15.9 Å². The molecule has 1 fully saturated rings. The SMILES string of the molecule is N=C(N)C1CN(Cc2csc3ccccc23)CCO1. The zero-order chi connectivity index (χ0) is 13.2. The van der Waals surface area contributed by atoms with E-state index in [9.17, 15) is 0 Å². The molecule has 1 atom stereocenters. The van der Waals surface area contributed by atoms with Crippen LogP contribution in [0.1, 0.15) is 5.56 Å². The number of benzene rings is 1. The lowest BCUT2D eigenvalue weighted by atomic mass is 10.1. The van der Waals surface area contributed by atoms with Gasteiger partial charge in [0.05, 0.1) is 6.61 Å². The minimum absolute atomic E-state index is 0.125. The second-order valence-corrected chi connectivity index (χ2v) is 5.72. The van der Waals surface area contributed by atoms with E-state index in [1.165, 1.54) is 15.6 Å². The molecule has 100 valence electrons. The van der Waals surface area contributed by atoms with Crippen LogP contribution in [0.4, 0.5) is 0 Å². The second kappa shape index (κ2) is 5.28. The van der Waals surface area contributed by atoms with Gasteiger partial charge in [0.25, 0.3) is 0 Å². The fourth-order valence-electron chi connectivity index (χ4n) is 2.43. The Morgan fingerprint density at radius 2 is 2.32 bits per heavy atom. The van der Waals surface area contributed by atoms with Crippen LogP contribution in [0.3, 0.4) is 0 Å². The van der Waals surface area contributed by atoms with Gasteiger partial charge in [0.15, 0.2) is 0 Å². The topological polar surface area (TPSA) is 62.3 Å². The minimum atomic E-state index is -0.251. The van der Waals surface area contributed by atoms with Crippen LogP contribution >= 0.6 is 11.3 Å². The van der Waals surface area contributed by atoms with Crippen molar-refractivity contribution >= 4 is 27.3 Å². The summed E-state index contributed by atoms with van der Waals surface area (Å²) in [5.41, 5.74) is 6.88. The van der Waals surface area contributed by atoms with Gasteiger partial charge in [0, 0.05) is 24.3 Å². The Morgan fingerprint density at radius 3 is 3.16 bits per heavy atom. The first-order valence-electron chi connectivity index (χ1n) is 6.37. The summed E-state index contributed by atoms with van der Waals surface area (Å²) in [5, 5.41) is 11.0. The molecule has 2 aromatic rings. The Bertz CT molecular complexity index is 595. The Balaban J connectivity index is 1.76. The van der Waals surface area contributed by atoms with Crippen molar-refractivity contribution in [3.8, 4) is 0 Å². The third-order valence-corrected chi connectivity index (χ3v) is 4.46. The summed E-state index contributed by atoms with van der Waals surface area (Å²) in [5.74, 6) is 0.125. The number of amidine groups is 1. The number of thiophene rings is 1. The summed E-state index contributed by atoms with van der Waals surface area (Å²) in [7, 11) is 0. The monoisotopic (exact) mass is 275 g/mol. The van der Waals surface area contributed by atoms with Gasteiger partial charge in [0.2, 0.25) is 0 Å². The van der Waals surface area contributed by atoms with E-state index in [-0.39, 0.29) is 11.9 Å². The lowest BCUT2D eigenvalue weighted by molar-refractivity contribution is 0.00255. The molecule has 0 radical (unpaired) electrons. The lowest BCUT2D eigenvalue weighted by Gasteiger charge is -2.32. The molecule has 19 heavy (non-hydrogen) atoms. The Kier molecular flexibility index (Phi) is 3.50. The molecule has 5 heteroatoms. The first-order chi connectivity index (χ1) is 9.24. The molecule has 0 saturated carbocycles. The summed E-state index contributed by atoms with van der Waals surface area (Å²) >= 11 is 1.78. The van der Waals surface area contributed by atoms with E-state index in [1.807, 2.05) is 0 Å². The van der Waals surface area contributed by atoms with Crippen molar-refractivity contribution < 1.29 is 4.74 Å². The van der Waals surface area contributed by atoms with Crippen LogP contribution in [-0.2, 0) is 11.3 Å². The molecule has 1 aliphatic rings. The maximum atomic E-state index is 7.49. The first-order valence-corrected chi connectivity index (χ1v) is 7.25. The Morgan fingerprint density at radius 1 is 1.47 bits per heavy atom. The van der Waals surface area contributed by atoms with Gasteiger partial charge in [-0.3, -0.25) is 10.3 Å². The molecule has 0 aliphatic carbocycles. The molecule has 3 N–H and O–H groups in total. The van der Waals surface area contributed by atoms with Gasteiger partial charge in [-0.2, -0.15) is 0 Å². The predicted octanol–water partition coefficient (Wildman–Crippen LogP) is 2.04. The van der Waals surface area contributed by atoms with Crippen molar-refractivity contribution in [3.05, 3.63) is 35.2 Å². The van der Waals surface area contributed by atoms with Crippen LogP contribution in [0.15, 0.2) is 29.6 Å². The summed E-state index contributed by atoms with van der Waals surface area (Å²) < 4.78 is 6.82. The van der Waals surface area contributed by atoms with Crippen molar-refractivity contribution in [2.75, 3.05) is 19.7 Å². The minimum Gasteiger partial charge on any atom is -0.385 e. The number of hydrogen-bond acceptors (Lipinski definition) is 4. The Hall–Kier alpha value is -1.43. The van der Waals surface area contributed by atoms with Crippen molar-refractivity contribution in [2.45, 2.75) is 12.6 Å². The van der Waals surface area contributed by atoms with Gasteiger partial charge < -0.3 is 10.5 Å². The fraction of sp³-hybridized carbons (Fsp3) is 0.357. The Labute approximate surface area is 116 Å². The second-order valence-electron chi connectivity index (χ2n) is 4.81. The number of morpholine rings is 1. The molecule has 0 amide bonds. The van der Waals surface area contributed by atoms with Crippen LogP contribution in [0.2, 0.25) is 0 Å². The lowest BCUT2D eigenvalue weighted by Crippen LogP contribution is -2.47. The third-order valence-electron chi connectivity index (χ3n) is 3.45. The number of fused-ring (bicyclic) bond motifs is 1. The van der Waals surface area contributed by atoms with E-state index in [0.29, 0.717) is 13.2 Å². The van der Waals surface area contributed by atoms with Gasteiger partial charge in [0.1, 0.15) is 11.9 Å². The molecule has 1 saturated heterocycles. The molecule has 0 bridgehead atoms. The van der Waals surface area contributed by atoms with Crippen LogP contribution in [0.25, 0.3) is 10.1 Å². The van der Waals surface area contributed by atoms with Crippen molar-refractivity contribution in [1.29, 1.82) is 5.41 Å². The van der Waals surface area contributed by atoms with Gasteiger partial charge in [-0.25, -0.2) is 0 Å². The van der Waals surface area contributed by atoms with Crippen LogP contribution in [0, 0.1) is 5.41 Å². The summed E-state index contributed by atoms with van der Waals surface area (Å²) in [6.07, 6.45) is -0.251. The highest BCUT2D eigenvalue weighted by molar-refractivity contribution is 7.17. The number of nitrogens with one attached hydrogen (secondary N) is 1. The highest BCUT2D eigenvalue weighted by Crippen LogP contribution is 2.27. The summed E-state index contributed by atoms with van der Waals surface area (Å²) in [6, 6.07) is 8.48. The molecule has 1 aromatic carbocycles. The number of ether oxygens (including phenoxy) is 1. The molecule has 1 unspecified atom stereocenters. The van der Waals surface area contributed by atoms with Gasteiger partial charge >= 0.3 is 0 Å². The van der Waals surface area contributed by atoms with Gasteiger partial charge in [-0.05, 0) is 22.4 Å². The van der Waals surface area contributed by atoms with Crippen LogP contribution in [0.5, 0.6) is 0 Å². The van der Waals surface area contributed by atoms with Crippen molar-refractivity contribution in [3.63, 3.8) is 0 Å². The van der Waals surface area contributed by atoms with E-state index in [1.54, 1.807) is 11.3 Å². The van der Waals surface area contributed by atoms with Crippen molar-refractivity contribution in [2.24, 2.45) is 5.73 Å². The zero-order valence-corrected chi connectivity index (χ0v) is 11.5. The van der Waals surface area contributed by atoms with E-state index < -0.39 is 0 Å². The first kappa shape index (κ1) is 12.6. The number of hydrogen-bond donors (Lipinski definition) is 2. The quantitative estimate of drug-likeness (QED) is 0.665. The third kappa shape index (κ3) is 2.63. The molecule has 4 nitrogen and oxygen atoms in total. The smallest absolute Gasteiger partial charge is 0.127 e. The largest absolute Gasteiger partial charge is 0.385 e. The maximum Gasteiger partial charge on any atom is 0.127 e. The summed E-state index contributed by atoms with van der Waals surface area (Å²) in [6.45, 7) is 3.15. The molecule has 1 aromatic heterocycles. The van der Waals surface area contributed by atoms with E-state index in [0.717, 1.165) is 13.1 Å². The number of rotatable bonds is 3. The molecule has 0 spiro atoms. The molecule has 2 heterocycles. The van der Waals surface area contributed by atoms with Gasteiger partial charge in [-0.1, -0.05) is 18.2 Å². The molecular weight excluding hydrogens is 258 g/mol. The van der Waals surface area contributed by atoms with Gasteiger partial charge in [-0.15, -0.1) is 11.3 Å². The fourth-order valence-corrected chi connectivity index (χ4v) is 3.38. The van der Waals surface area contributed by atoms with E-state index in [2.05, 4.69) is 34.5 Å². The number of nitrogens with zero attached hydrogens (tertiary/aromatic N) is 1. The maximum absolute atomic E-state index is 7.49. The van der Waals surface area contributed by atoms with E-state index >= 15 is 0 Å². The molecular formula is C14H17N3OS. The molecule has 3 rings (SSSR count). The molecule has 1 aliphatic heterocycles. The van der Waals surface area contributed by atoms with Crippen LogP contribution in [-0.4, -0.2) is 36.5 Å². The normalized spacial score (nSPS) is 20.7. The summed E-state index contributed by atoms with van der Waals surface area (Å²) in [4.78, 5) is 2.31.